The molecule has 118 valence electrons. The van der Waals surface area contributed by atoms with E-state index < -0.39 is 0 Å². The number of carbonyl (C=O) groups is 1. The third-order valence-electron chi connectivity index (χ3n) is 3.82. The van der Waals surface area contributed by atoms with Crippen molar-refractivity contribution in [3.63, 3.8) is 0 Å². The number of nitrogens with zero attached hydrogens (tertiary/aromatic N) is 2. The molecule has 0 aliphatic carbocycles. The maximum absolute atomic E-state index is 11.9. The smallest absolute Gasteiger partial charge is 0.338 e. The number of nitrogen functional groups attached to an aromatic ring is 1. The van der Waals surface area contributed by atoms with Crippen LogP contribution in [-0.4, -0.2) is 22.1 Å². The van der Waals surface area contributed by atoms with Gasteiger partial charge < -0.3 is 15.0 Å². The minimum atomic E-state index is -0.340. The van der Waals surface area contributed by atoms with Crippen molar-refractivity contribution in [3.8, 4) is 5.69 Å². The van der Waals surface area contributed by atoms with E-state index in [0.717, 1.165) is 24.4 Å². The fraction of sp³-hybridized carbons (Fsp3) is 0.412. The van der Waals surface area contributed by atoms with Gasteiger partial charge in [0, 0.05) is 18.3 Å². The molecule has 0 amide bonds. The van der Waals surface area contributed by atoms with Crippen LogP contribution in [-0.2, 0) is 4.74 Å². The molecule has 0 spiro atoms. The van der Waals surface area contributed by atoms with E-state index in [4.69, 9.17) is 10.5 Å². The second-order valence-electron chi connectivity index (χ2n) is 5.16. The number of rotatable bonds is 6. The summed E-state index contributed by atoms with van der Waals surface area (Å²) >= 11 is 0. The fourth-order valence-electron chi connectivity index (χ4n) is 2.57. The van der Waals surface area contributed by atoms with Gasteiger partial charge in [-0.05, 0) is 38.0 Å². The van der Waals surface area contributed by atoms with Crippen LogP contribution in [0.25, 0.3) is 5.69 Å². The highest BCUT2D eigenvalue weighted by molar-refractivity contribution is 5.91. The Morgan fingerprint density at radius 3 is 2.68 bits per heavy atom. The number of carbonyl (C=O) groups excluding carboxylic acids is 1. The molecule has 0 saturated carbocycles. The molecule has 0 bridgehead atoms. The van der Waals surface area contributed by atoms with Crippen molar-refractivity contribution in [3.05, 3.63) is 42.0 Å². The number of hydrogen-bond acceptors (Lipinski definition) is 4. The van der Waals surface area contributed by atoms with Crippen molar-refractivity contribution in [2.45, 2.75) is 39.5 Å². The van der Waals surface area contributed by atoms with E-state index in [1.807, 2.05) is 10.8 Å². The summed E-state index contributed by atoms with van der Waals surface area (Å²) in [6.07, 6.45) is 5.66. The molecule has 0 aliphatic rings. The Balaban J connectivity index is 2.47. The van der Waals surface area contributed by atoms with Crippen LogP contribution in [0.4, 0.5) is 5.69 Å². The standard InChI is InChI=1S/C17H23N3O2/c1-4-12(5-2)16-19-9-10-20(16)15-11-13(7-8-14(15)18)17(21)22-6-3/h7-12H,4-6,18H2,1-3H3. The Morgan fingerprint density at radius 1 is 1.32 bits per heavy atom. The Labute approximate surface area is 131 Å². The Bertz CT molecular complexity index is 645. The second kappa shape index (κ2) is 7.11. The highest BCUT2D eigenvalue weighted by Gasteiger charge is 2.17. The van der Waals surface area contributed by atoms with E-state index in [0.29, 0.717) is 23.8 Å². The summed E-state index contributed by atoms with van der Waals surface area (Å²) in [7, 11) is 0. The summed E-state index contributed by atoms with van der Waals surface area (Å²) in [5, 5.41) is 0. The van der Waals surface area contributed by atoms with E-state index >= 15 is 0 Å². The van der Waals surface area contributed by atoms with Gasteiger partial charge in [-0.15, -0.1) is 0 Å². The van der Waals surface area contributed by atoms with E-state index in [2.05, 4.69) is 18.8 Å². The average Bonchev–Trinajstić information content (AvgIpc) is 2.98. The molecule has 1 aromatic carbocycles. The largest absolute Gasteiger partial charge is 0.462 e. The SMILES string of the molecule is CCOC(=O)c1ccc(N)c(-n2ccnc2C(CC)CC)c1. The van der Waals surface area contributed by atoms with E-state index in [-0.39, 0.29) is 5.97 Å². The molecule has 0 unspecified atom stereocenters. The predicted molar refractivity (Wildman–Crippen MR) is 87.3 cm³/mol. The van der Waals surface area contributed by atoms with Crippen molar-refractivity contribution < 1.29 is 9.53 Å². The predicted octanol–water partition coefficient (Wildman–Crippen LogP) is 3.53. The summed E-state index contributed by atoms with van der Waals surface area (Å²) in [5.41, 5.74) is 7.98. The van der Waals surface area contributed by atoms with Crippen LogP contribution in [0.5, 0.6) is 0 Å². The number of anilines is 1. The van der Waals surface area contributed by atoms with Crippen molar-refractivity contribution in [2.24, 2.45) is 0 Å². The van der Waals surface area contributed by atoms with Gasteiger partial charge in [-0.25, -0.2) is 9.78 Å². The maximum atomic E-state index is 11.9. The Kier molecular flexibility index (Phi) is 5.20. The number of esters is 1. The lowest BCUT2D eigenvalue weighted by molar-refractivity contribution is 0.0526. The maximum Gasteiger partial charge on any atom is 0.338 e. The molecule has 0 atom stereocenters. The van der Waals surface area contributed by atoms with Gasteiger partial charge in [0.05, 0.1) is 23.5 Å². The third-order valence-corrected chi connectivity index (χ3v) is 3.82. The molecule has 5 nitrogen and oxygen atoms in total. The fourth-order valence-corrected chi connectivity index (χ4v) is 2.57. The van der Waals surface area contributed by atoms with Crippen molar-refractivity contribution in [1.29, 1.82) is 0 Å². The lowest BCUT2D eigenvalue weighted by Crippen LogP contribution is -2.10. The van der Waals surface area contributed by atoms with Crippen molar-refractivity contribution >= 4 is 11.7 Å². The van der Waals surface area contributed by atoms with Crippen LogP contribution in [0.15, 0.2) is 30.6 Å². The van der Waals surface area contributed by atoms with Gasteiger partial charge >= 0.3 is 5.97 Å². The number of imidazole rings is 1. The van der Waals surface area contributed by atoms with Gasteiger partial charge in [-0.2, -0.15) is 0 Å². The van der Waals surface area contributed by atoms with Crippen molar-refractivity contribution in [2.75, 3.05) is 12.3 Å². The van der Waals surface area contributed by atoms with Gasteiger partial charge in [0.25, 0.3) is 0 Å². The van der Waals surface area contributed by atoms with Crippen LogP contribution in [0.3, 0.4) is 0 Å². The van der Waals surface area contributed by atoms with E-state index in [9.17, 15) is 4.79 Å². The second-order valence-corrected chi connectivity index (χ2v) is 5.16. The molecule has 2 rings (SSSR count). The molecule has 5 heteroatoms. The van der Waals surface area contributed by atoms with Crippen LogP contribution in [0.2, 0.25) is 0 Å². The number of hydrogen-bond donors (Lipinski definition) is 1. The number of benzene rings is 1. The highest BCUT2D eigenvalue weighted by atomic mass is 16.5. The van der Waals surface area contributed by atoms with Crippen LogP contribution in [0, 0.1) is 0 Å². The molecule has 0 saturated heterocycles. The zero-order valence-electron chi connectivity index (χ0n) is 13.4. The summed E-state index contributed by atoms with van der Waals surface area (Å²) in [5.74, 6) is 0.992. The first-order valence-corrected chi connectivity index (χ1v) is 7.72. The molecule has 1 heterocycles. The molecular formula is C17H23N3O2. The molecule has 1 aromatic heterocycles. The molecular weight excluding hydrogens is 278 g/mol. The Morgan fingerprint density at radius 2 is 2.05 bits per heavy atom. The third kappa shape index (κ3) is 3.13. The van der Waals surface area contributed by atoms with Gasteiger partial charge in [0.15, 0.2) is 0 Å². The van der Waals surface area contributed by atoms with Gasteiger partial charge in [0.1, 0.15) is 5.82 Å². The first-order chi connectivity index (χ1) is 10.6. The minimum Gasteiger partial charge on any atom is -0.462 e. The van der Waals surface area contributed by atoms with Gasteiger partial charge in [0.2, 0.25) is 0 Å². The topological polar surface area (TPSA) is 70.1 Å². The molecule has 2 aromatic rings. The normalized spacial score (nSPS) is 10.9. The van der Waals surface area contributed by atoms with E-state index in [1.165, 1.54) is 0 Å². The molecule has 0 radical (unpaired) electrons. The average molecular weight is 301 g/mol. The van der Waals surface area contributed by atoms with Crippen molar-refractivity contribution in [1.82, 2.24) is 9.55 Å². The monoisotopic (exact) mass is 301 g/mol. The van der Waals surface area contributed by atoms with Crippen LogP contribution >= 0.6 is 0 Å². The summed E-state index contributed by atoms with van der Waals surface area (Å²) in [6.45, 7) is 6.43. The first kappa shape index (κ1) is 16.1. The minimum absolute atomic E-state index is 0.340. The zero-order valence-corrected chi connectivity index (χ0v) is 13.4. The van der Waals surface area contributed by atoms with Gasteiger partial charge in [-0.3, -0.25) is 0 Å². The summed E-state index contributed by atoms with van der Waals surface area (Å²) < 4.78 is 7.02. The van der Waals surface area contributed by atoms with Gasteiger partial charge in [-0.1, -0.05) is 13.8 Å². The van der Waals surface area contributed by atoms with Crippen LogP contribution < -0.4 is 5.73 Å². The molecule has 0 fully saturated rings. The quantitative estimate of drug-likeness (QED) is 0.654. The first-order valence-electron chi connectivity index (χ1n) is 7.72. The molecule has 0 aliphatic heterocycles. The van der Waals surface area contributed by atoms with E-state index in [1.54, 1.807) is 31.3 Å². The number of aromatic nitrogens is 2. The molecule has 2 N–H and O–H groups in total. The Hall–Kier alpha value is -2.30. The number of nitrogens with two attached hydrogens (primary N) is 1. The van der Waals surface area contributed by atoms with Crippen LogP contribution in [0.1, 0.15) is 55.7 Å². The lowest BCUT2D eigenvalue weighted by atomic mass is 10.0. The highest BCUT2D eigenvalue weighted by Crippen LogP contribution is 2.27. The summed E-state index contributed by atoms with van der Waals surface area (Å²) in [4.78, 5) is 16.4. The summed E-state index contributed by atoms with van der Waals surface area (Å²) in [6, 6.07) is 5.18. The molecule has 22 heavy (non-hydrogen) atoms. The number of ether oxygens (including phenoxy) is 1. The zero-order chi connectivity index (χ0) is 16.1. The lowest BCUT2D eigenvalue weighted by Gasteiger charge is -2.17.